The molecule has 3 aromatic rings. The van der Waals surface area contributed by atoms with Gasteiger partial charge in [0.1, 0.15) is 17.7 Å². The van der Waals surface area contributed by atoms with Gasteiger partial charge in [-0.2, -0.15) is 0 Å². The summed E-state index contributed by atoms with van der Waals surface area (Å²) >= 11 is 0. The second-order valence-electron chi connectivity index (χ2n) is 8.95. The highest BCUT2D eigenvalue weighted by atomic mass is 32.2. The molecule has 1 atom stereocenters. The molecule has 8 nitrogen and oxygen atoms in total. The van der Waals surface area contributed by atoms with E-state index in [1.165, 1.54) is 36.4 Å². The maximum absolute atomic E-state index is 14.7. The van der Waals surface area contributed by atoms with Gasteiger partial charge in [0, 0.05) is 28.4 Å². The van der Waals surface area contributed by atoms with E-state index < -0.39 is 56.4 Å². The van der Waals surface area contributed by atoms with E-state index in [1.54, 1.807) is 39.0 Å². The number of aliphatic hydroxyl groups is 1. The molecular formula is C25H25F2N3O5S. The Balaban J connectivity index is 1.77. The van der Waals surface area contributed by atoms with Crippen LogP contribution in [0.4, 0.5) is 25.0 Å². The van der Waals surface area contributed by atoms with Gasteiger partial charge in [0.2, 0.25) is 0 Å². The lowest BCUT2D eigenvalue weighted by Crippen LogP contribution is -2.43. The summed E-state index contributed by atoms with van der Waals surface area (Å²) in [7, 11) is -4.33. The molecule has 0 aliphatic carbocycles. The summed E-state index contributed by atoms with van der Waals surface area (Å²) in [4.78, 5) is 24.1. The van der Waals surface area contributed by atoms with Gasteiger partial charge < -0.3 is 15.7 Å². The number of hydrogen-bond acceptors (Lipinski definition) is 5. The van der Waals surface area contributed by atoms with Gasteiger partial charge in [-0.15, -0.1) is 0 Å². The maximum atomic E-state index is 14.7. The van der Waals surface area contributed by atoms with E-state index in [0.717, 1.165) is 0 Å². The number of urea groups is 1. The Bertz CT molecular complexity index is 1370. The first-order chi connectivity index (χ1) is 16.8. The minimum absolute atomic E-state index is 0.100. The van der Waals surface area contributed by atoms with Crippen LogP contribution in [0.25, 0.3) is 0 Å². The van der Waals surface area contributed by atoms with Gasteiger partial charge in [0.15, 0.2) is 5.78 Å². The van der Waals surface area contributed by atoms with Crippen LogP contribution < -0.4 is 15.4 Å². The fourth-order valence-corrected chi connectivity index (χ4v) is 4.23. The first kappa shape index (κ1) is 26.8. The minimum Gasteiger partial charge on any atom is -0.380 e. The van der Waals surface area contributed by atoms with Crippen molar-refractivity contribution in [2.45, 2.75) is 37.3 Å². The first-order valence-electron chi connectivity index (χ1n) is 10.8. The monoisotopic (exact) mass is 517 g/mol. The molecule has 0 bridgehead atoms. The molecule has 0 aromatic heterocycles. The quantitative estimate of drug-likeness (QED) is 0.341. The smallest absolute Gasteiger partial charge is 0.319 e. The number of nitrogens with one attached hydrogen (secondary N) is 3. The zero-order chi connectivity index (χ0) is 26.7. The molecule has 0 saturated carbocycles. The van der Waals surface area contributed by atoms with Crippen LogP contribution in [0.5, 0.6) is 0 Å². The fraction of sp³-hybridized carbons (Fsp3) is 0.200. The van der Waals surface area contributed by atoms with E-state index in [0.29, 0.717) is 17.8 Å². The van der Waals surface area contributed by atoms with Crippen molar-refractivity contribution in [3.63, 3.8) is 0 Å². The number of benzene rings is 3. The number of aliphatic hydroxyl groups excluding tert-OH is 1. The highest BCUT2D eigenvalue weighted by molar-refractivity contribution is 7.92. The SMILES string of the molecule is CC(C)(C)NC(=O)Nc1ccc(S(=O)(=O)Nc2cc(F)c(C(O)C(=O)c3ccccc3)cc2F)cc1. The predicted molar refractivity (Wildman–Crippen MR) is 131 cm³/mol. The molecule has 190 valence electrons. The van der Waals surface area contributed by atoms with Crippen molar-refractivity contribution >= 4 is 33.2 Å². The number of rotatable bonds is 7. The van der Waals surface area contributed by atoms with Crippen LogP contribution in [0.1, 0.15) is 42.8 Å². The van der Waals surface area contributed by atoms with Gasteiger partial charge in [0.25, 0.3) is 10.0 Å². The summed E-state index contributed by atoms with van der Waals surface area (Å²) in [6, 6.07) is 13.3. The van der Waals surface area contributed by atoms with Crippen LogP contribution in [0.3, 0.4) is 0 Å². The lowest BCUT2D eigenvalue weighted by Gasteiger charge is -2.20. The van der Waals surface area contributed by atoms with E-state index in [-0.39, 0.29) is 10.5 Å². The van der Waals surface area contributed by atoms with E-state index in [4.69, 9.17) is 0 Å². The van der Waals surface area contributed by atoms with Crippen LogP contribution in [-0.2, 0) is 10.0 Å². The van der Waals surface area contributed by atoms with Crippen LogP contribution in [0.2, 0.25) is 0 Å². The number of carbonyl (C=O) groups is 2. The summed E-state index contributed by atoms with van der Waals surface area (Å²) < 4.78 is 56.7. The van der Waals surface area contributed by atoms with E-state index in [2.05, 4.69) is 10.6 Å². The Morgan fingerprint density at radius 3 is 2.11 bits per heavy atom. The summed E-state index contributed by atoms with van der Waals surface area (Å²) in [5, 5.41) is 15.5. The Morgan fingerprint density at radius 2 is 1.53 bits per heavy atom. The van der Waals surface area contributed by atoms with Crippen molar-refractivity contribution in [2.24, 2.45) is 0 Å². The van der Waals surface area contributed by atoms with Gasteiger partial charge in [-0.3, -0.25) is 9.52 Å². The van der Waals surface area contributed by atoms with Gasteiger partial charge in [-0.25, -0.2) is 22.0 Å². The summed E-state index contributed by atoms with van der Waals surface area (Å²) in [6.45, 7) is 5.39. The summed E-state index contributed by atoms with van der Waals surface area (Å²) in [5.41, 5.74) is -1.40. The summed E-state index contributed by atoms with van der Waals surface area (Å²) in [5.74, 6) is -3.20. The predicted octanol–water partition coefficient (Wildman–Crippen LogP) is 4.60. The van der Waals surface area contributed by atoms with Crippen LogP contribution in [0, 0.1) is 11.6 Å². The number of Topliss-reactive ketones (excluding diaryl/α,β-unsaturated/α-hetero) is 1. The highest BCUT2D eigenvalue weighted by Crippen LogP contribution is 2.28. The molecule has 0 spiro atoms. The van der Waals surface area contributed by atoms with Gasteiger partial charge in [-0.05, 0) is 51.1 Å². The van der Waals surface area contributed by atoms with E-state index in [9.17, 15) is 31.9 Å². The van der Waals surface area contributed by atoms with Crippen molar-refractivity contribution < 1.29 is 31.9 Å². The number of carbonyl (C=O) groups excluding carboxylic acids is 2. The zero-order valence-electron chi connectivity index (χ0n) is 19.7. The molecule has 1 unspecified atom stereocenters. The maximum Gasteiger partial charge on any atom is 0.319 e. The lowest BCUT2D eigenvalue weighted by atomic mass is 9.99. The first-order valence-corrected chi connectivity index (χ1v) is 12.2. The average molecular weight is 518 g/mol. The molecule has 4 N–H and O–H groups in total. The minimum atomic E-state index is -4.33. The fourth-order valence-electron chi connectivity index (χ4n) is 3.18. The molecule has 0 aliphatic heterocycles. The number of anilines is 2. The van der Waals surface area contributed by atoms with Crippen LogP contribution >= 0.6 is 0 Å². The van der Waals surface area contributed by atoms with Crippen molar-refractivity contribution in [1.82, 2.24) is 5.32 Å². The number of amides is 2. The van der Waals surface area contributed by atoms with E-state index in [1.807, 2.05) is 4.72 Å². The molecule has 2 amide bonds. The molecule has 11 heteroatoms. The third-order valence-corrected chi connectivity index (χ3v) is 6.22. The highest BCUT2D eigenvalue weighted by Gasteiger charge is 2.25. The Morgan fingerprint density at radius 1 is 0.917 bits per heavy atom. The molecule has 0 heterocycles. The standard InChI is InChI=1S/C25H25F2N3O5S/c1-25(2,3)29-24(33)28-16-9-11-17(12-10-16)36(34,35)30-21-14-19(26)18(13-20(21)27)23(32)22(31)15-7-5-4-6-8-15/h4-14,23,30,32H,1-3H3,(H2,28,29,33). The number of ketones is 1. The molecule has 3 rings (SSSR count). The normalized spacial score (nSPS) is 12.5. The molecule has 36 heavy (non-hydrogen) atoms. The second kappa shape index (κ2) is 10.4. The van der Waals surface area contributed by atoms with Gasteiger partial charge >= 0.3 is 6.03 Å². The average Bonchev–Trinajstić information content (AvgIpc) is 2.79. The third kappa shape index (κ3) is 6.64. The van der Waals surface area contributed by atoms with Crippen molar-refractivity contribution in [3.05, 3.63) is 89.5 Å². The van der Waals surface area contributed by atoms with Crippen LogP contribution in [-0.4, -0.2) is 30.9 Å². The largest absolute Gasteiger partial charge is 0.380 e. The molecule has 0 aliphatic rings. The number of sulfonamides is 1. The van der Waals surface area contributed by atoms with Crippen molar-refractivity contribution in [2.75, 3.05) is 10.0 Å². The molecule has 0 fully saturated rings. The Hall–Kier alpha value is -3.83. The second-order valence-corrected chi connectivity index (χ2v) is 10.6. The van der Waals surface area contributed by atoms with Crippen molar-refractivity contribution in [1.29, 1.82) is 0 Å². The molecule has 0 saturated heterocycles. The Kier molecular flexibility index (Phi) is 7.75. The van der Waals surface area contributed by atoms with Crippen molar-refractivity contribution in [3.8, 4) is 0 Å². The lowest BCUT2D eigenvalue weighted by molar-refractivity contribution is 0.0740. The summed E-state index contributed by atoms with van der Waals surface area (Å²) in [6.07, 6.45) is -1.98. The molecule has 0 radical (unpaired) electrons. The van der Waals surface area contributed by atoms with Gasteiger partial charge in [0.05, 0.1) is 10.6 Å². The van der Waals surface area contributed by atoms with Gasteiger partial charge in [-0.1, -0.05) is 30.3 Å². The Labute approximate surface area is 207 Å². The number of halogens is 2. The zero-order valence-corrected chi connectivity index (χ0v) is 20.5. The number of hydrogen-bond donors (Lipinski definition) is 4. The van der Waals surface area contributed by atoms with Crippen LogP contribution in [0.15, 0.2) is 71.6 Å². The molecular weight excluding hydrogens is 492 g/mol. The topological polar surface area (TPSA) is 125 Å². The third-order valence-electron chi connectivity index (χ3n) is 4.84. The van der Waals surface area contributed by atoms with E-state index >= 15 is 0 Å². The molecule has 3 aromatic carbocycles.